The smallest absolute Gasteiger partial charge is 0.308 e. The highest BCUT2D eigenvalue weighted by atomic mass is 16.6. The molecule has 52 valence electrons. The van der Waals surface area contributed by atoms with E-state index in [0.29, 0.717) is 13.0 Å². The van der Waals surface area contributed by atoms with Gasteiger partial charge >= 0.3 is 5.97 Å². The van der Waals surface area contributed by atoms with Gasteiger partial charge in [0.05, 0.1) is 25.7 Å². The van der Waals surface area contributed by atoms with E-state index in [1.54, 1.807) is 0 Å². The summed E-state index contributed by atoms with van der Waals surface area (Å²) in [5.74, 6) is -0.199. The summed E-state index contributed by atoms with van der Waals surface area (Å²) in [6.45, 7) is 2.58. The van der Waals surface area contributed by atoms with Gasteiger partial charge in [-0.05, 0) is 6.92 Å². The molecule has 1 rings (SSSR count). The Morgan fingerprint density at radius 3 is 2.78 bits per heavy atom. The quantitative estimate of drug-likeness (QED) is 0.399. The Bertz CT molecular complexity index is 126. The van der Waals surface area contributed by atoms with Crippen molar-refractivity contribution in [2.45, 2.75) is 18.9 Å². The number of hydrogen-bond acceptors (Lipinski definition) is 3. The van der Waals surface area contributed by atoms with Crippen LogP contribution in [0.1, 0.15) is 13.3 Å². The normalized spacial score (nSPS) is 31.8. The third-order valence-electron chi connectivity index (χ3n) is 1.38. The molecular weight excluding hydrogens is 120 g/mol. The predicted octanol–water partition coefficient (Wildman–Crippen LogP) is 0.338. The molecule has 1 aliphatic rings. The van der Waals surface area contributed by atoms with E-state index in [-0.39, 0.29) is 11.6 Å². The molecule has 0 aliphatic carbocycles. The second-order valence-electron chi connectivity index (χ2n) is 2.49. The van der Waals surface area contributed by atoms with Crippen LogP contribution >= 0.6 is 0 Å². The molecule has 1 aliphatic heterocycles. The van der Waals surface area contributed by atoms with E-state index in [0.717, 1.165) is 0 Å². The average molecular weight is 130 g/mol. The van der Waals surface area contributed by atoms with E-state index >= 15 is 0 Å². The second-order valence-corrected chi connectivity index (χ2v) is 2.49. The lowest BCUT2D eigenvalue weighted by Crippen LogP contribution is -2.13. The first-order valence-electron chi connectivity index (χ1n) is 2.87. The molecule has 0 aromatic heterocycles. The van der Waals surface area contributed by atoms with Gasteiger partial charge in [0.15, 0.2) is 0 Å². The largest absolute Gasteiger partial charge is 0.469 e. The van der Waals surface area contributed by atoms with Gasteiger partial charge in [0.25, 0.3) is 0 Å². The van der Waals surface area contributed by atoms with Crippen molar-refractivity contribution < 1.29 is 14.3 Å². The molecule has 0 saturated carbocycles. The molecule has 9 heavy (non-hydrogen) atoms. The Labute approximate surface area is 53.9 Å². The summed E-state index contributed by atoms with van der Waals surface area (Å²) in [4.78, 5) is 10.6. The molecule has 0 bridgehead atoms. The van der Waals surface area contributed by atoms with E-state index in [2.05, 4.69) is 4.74 Å². The van der Waals surface area contributed by atoms with Gasteiger partial charge in [0, 0.05) is 0 Å². The zero-order valence-electron chi connectivity index (χ0n) is 5.64. The summed E-state index contributed by atoms with van der Waals surface area (Å²) >= 11 is 0. The lowest BCUT2D eigenvalue weighted by atomic mass is 10.1. The number of methoxy groups -OCH3 is 1. The molecule has 1 atom stereocenters. The molecule has 1 heterocycles. The second kappa shape index (κ2) is 1.99. The van der Waals surface area contributed by atoms with Crippen LogP contribution in [0.4, 0.5) is 0 Å². The number of ether oxygens (including phenoxy) is 2. The maximum absolute atomic E-state index is 10.6. The molecule has 3 heteroatoms. The van der Waals surface area contributed by atoms with Crippen LogP contribution in [0.3, 0.4) is 0 Å². The lowest BCUT2D eigenvalue weighted by molar-refractivity contribution is -0.141. The minimum atomic E-state index is -0.201. The third kappa shape index (κ3) is 1.68. The summed E-state index contributed by atoms with van der Waals surface area (Å²) in [5.41, 5.74) is -0.201. The van der Waals surface area contributed by atoms with Gasteiger partial charge in [-0.15, -0.1) is 0 Å². The molecule has 0 radical (unpaired) electrons. The number of rotatable bonds is 2. The Balaban J connectivity index is 2.25. The molecule has 0 unspecified atom stereocenters. The molecule has 0 N–H and O–H groups in total. The minimum Gasteiger partial charge on any atom is -0.469 e. The molecule has 0 aromatic carbocycles. The maximum Gasteiger partial charge on any atom is 0.308 e. The molecule has 1 fully saturated rings. The van der Waals surface area contributed by atoms with Crippen molar-refractivity contribution in [3.8, 4) is 0 Å². The molecule has 3 nitrogen and oxygen atoms in total. The fraction of sp³-hybridized carbons (Fsp3) is 0.833. The van der Waals surface area contributed by atoms with Crippen molar-refractivity contribution in [2.24, 2.45) is 0 Å². The van der Waals surface area contributed by atoms with Crippen molar-refractivity contribution in [3.05, 3.63) is 0 Å². The van der Waals surface area contributed by atoms with Crippen LogP contribution in [0.15, 0.2) is 0 Å². The van der Waals surface area contributed by atoms with E-state index in [9.17, 15) is 4.79 Å². The molecule has 1 saturated heterocycles. The number of hydrogen-bond donors (Lipinski definition) is 0. The van der Waals surface area contributed by atoms with Crippen molar-refractivity contribution in [3.63, 3.8) is 0 Å². The number of epoxide rings is 1. The zero-order chi connectivity index (χ0) is 6.91. The van der Waals surface area contributed by atoms with Crippen LogP contribution in [0, 0.1) is 0 Å². The zero-order valence-corrected chi connectivity index (χ0v) is 5.64. The molecular formula is C6H10O3. The van der Waals surface area contributed by atoms with Gasteiger partial charge in [0.2, 0.25) is 0 Å². The fourth-order valence-electron chi connectivity index (χ4n) is 0.603. The van der Waals surface area contributed by atoms with E-state index in [4.69, 9.17) is 4.74 Å². The molecule has 0 aromatic rings. The van der Waals surface area contributed by atoms with Gasteiger partial charge in [-0.3, -0.25) is 4.79 Å². The van der Waals surface area contributed by atoms with E-state index < -0.39 is 0 Å². The fourth-order valence-corrected chi connectivity index (χ4v) is 0.603. The van der Waals surface area contributed by atoms with Gasteiger partial charge in [-0.2, -0.15) is 0 Å². The number of carbonyl (C=O) groups is 1. The van der Waals surface area contributed by atoms with Crippen molar-refractivity contribution in [2.75, 3.05) is 13.7 Å². The van der Waals surface area contributed by atoms with Gasteiger partial charge in [-0.1, -0.05) is 0 Å². The highest BCUT2D eigenvalue weighted by molar-refractivity contribution is 5.70. The Kier molecular flexibility index (Phi) is 1.45. The first-order chi connectivity index (χ1) is 4.16. The summed E-state index contributed by atoms with van der Waals surface area (Å²) in [7, 11) is 1.38. The number of esters is 1. The Morgan fingerprint density at radius 1 is 1.89 bits per heavy atom. The third-order valence-corrected chi connectivity index (χ3v) is 1.38. The number of carbonyl (C=O) groups excluding carboxylic acids is 1. The van der Waals surface area contributed by atoms with Crippen LogP contribution in [-0.4, -0.2) is 25.3 Å². The highest BCUT2D eigenvalue weighted by Crippen LogP contribution is 2.29. The first kappa shape index (κ1) is 6.55. The Hall–Kier alpha value is -0.570. The Morgan fingerprint density at radius 2 is 2.44 bits per heavy atom. The monoisotopic (exact) mass is 130 g/mol. The first-order valence-corrected chi connectivity index (χ1v) is 2.87. The average Bonchev–Trinajstić information content (AvgIpc) is 2.48. The summed E-state index contributed by atoms with van der Waals surface area (Å²) in [5, 5.41) is 0. The maximum atomic E-state index is 10.6. The predicted molar refractivity (Wildman–Crippen MR) is 31.0 cm³/mol. The van der Waals surface area contributed by atoms with E-state index in [1.165, 1.54) is 7.11 Å². The van der Waals surface area contributed by atoms with E-state index in [1.807, 2.05) is 6.92 Å². The van der Waals surface area contributed by atoms with Crippen molar-refractivity contribution in [1.82, 2.24) is 0 Å². The van der Waals surface area contributed by atoms with Crippen molar-refractivity contribution >= 4 is 5.97 Å². The minimum absolute atomic E-state index is 0.199. The van der Waals surface area contributed by atoms with Crippen LogP contribution < -0.4 is 0 Å². The van der Waals surface area contributed by atoms with Gasteiger partial charge in [-0.25, -0.2) is 0 Å². The molecule has 0 amide bonds. The summed E-state index contributed by atoms with van der Waals surface area (Å²) in [6.07, 6.45) is 0.378. The van der Waals surface area contributed by atoms with Crippen molar-refractivity contribution in [1.29, 1.82) is 0 Å². The van der Waals surface area contributed by atoms with Crippen LogP contribution in [0.25, 0.3) is 0 Å². The summed E-state index contributed by atoms with van der Waals surface area (Å²) < 4.78 is 9.41. The lowest BCUT2D eigenvalue weighted by Gasteiger charge is -2.00. The summed E-state index contributed by atoms with van der Waals surface area (Å²) in [6, 6.07) is 0. The van der Waals surface area contributed by atoms with Gasteiger partial charge in [0.1, 0.15) is 0 Å². The molecule has 0 spiro atoms. The highest BCUT2D eigenvalue weighted by Gasteiger charge is 2.41. The van der Waals surface area contributed by atoms with Gasteiger partial charge < -0.3 is 9.47 Å². The topological polar surface area (TPSA) is 38.8 Å². The van der Waals surface area contributed by atoms with Crippen LogP contribution in [-0.2, 0) is 14.3 Å². The van der Waals surface area contributed by atoms with Crippen LogP contribution in [0.2, 0.25) is 0 Å². The standard InChI is InChI=1S/C6H10O3/c1-6(4-9-6)3-5(7)8-2/h3-4H2,1-2H3/t6-/m0/s1. The SMILES string of the molecule is COC(=O)C[C@@]1(C)CO1. The van der Waals surface area contributed by atoms with Crippen LogP contribution in [0.5, 0.6) is 0 Å².